The molecule has 3 rings (SSSR count). The van der Waals surface area contributed by atoms with Crippen molar-refractivity contribution in [2.45, 2.75) is 84.1 Å². The van der Waals surface area contributed by atoms with Gasteiger partial charge in [0.05, 0.1) is 5.69 Å². The lowest BCUT2D eigenvalue weighted by Gasteiger charge is -2.47. The number of carboxylic acids is 3. The third kappa shape index (κ3) is 4.09. The molecule has 9 heteroatoms. The van der Waals surface area contributed by atoms with Crippen LogP contribution in [0.3, 0.4) is 0 Å². The minimum absolute atomic E-state index is 0.0658. The highest BCUT2D eigenvalue weighted by molar-refractivity contribution is 6.30. The quantitative estimate of drug-likeness (QED) is 0.353. The largest absolute Gasteiger partial charge is 0.480 e. The summed E-state index contributed by atoms with van der Waals surface area (Å²) in [6.07, 6.45) is 2.21. The number of rotatable bonds is 10. The fourth-order valence-corrected chi connectivity index (χ4v) is 6.35. The maximum Gasteiger partial charge on any atom is 0.333 e. The summed E-state index contributed by atoms with van der Waals surface area (Å²) in [7, 11) is 0. The Kier molecular flexibility index (Phi) is 7.89. The van der Waals surface area contributed by atoms with Crippen LogP contribution in [0.5, 0.6) is 0 Å². The minimum Gasteiger partial charge on any atom is -0.480 e. The van der Waals surface area contributed by atoms with Gasteiger partial charge in [0.1, 0.15) is 5.82 Å². The first-order valence-electron chi connectivity index (χ1n) is 12.5. The van der Waals surface area contributed by atoms with E-state index in [4.69, 9.17) is 16.6 Å². The average Bonchev–Trinajstić information content (AvgIpc) is 3.20. The van der Waals surface area contributed by atoms with Crippen LogP contribution in [-0.2, 0) is 26.3 Å². The topological polar surface area (TPSA) is 130 Å². The molecule has 0 spiro atoms. The molecule has 1 heterocycles. The first-order chi connectivity index (χ1) is 16.9. The molecule has 0 saturated carbocycles. The number of benzene rings is 1. The standard InChI is InChI=1S/C27H35ClN2O6/c1-6-17-13-19(27(23(31)32,24(33)34)25(35)36)20-21(26(17,7-2)8-3)29-22(15(4)5)30(20)14-16-9-11-18(28)12-10-16/h9-12,15,17,19H,6-8,13-14H2,1-5H3,(H,31,32)(H,33,34)(H,35,36). The van der Waals surface area contributed by atoms with Gasteiger partial charge in [-0.3, -0.25) is 14.4 Å². The number of carbonyl (C=O) groups is 3. The maximum absolute atomic E-state index is 12.6. The summed E-state index contributed by atoms with van der Waals surface area (Å²) in [6, 6.07) is 7.19. The molecule has 1 aromatic carbocycles. The molecular formula is C27H35ClN2O6. The third-order valence-electron chi connectivity index (χ3n) is 8.20. The lowest BCUT2D eigenvalue weighted by atomic mass is 9.55. The lowest BCUT2D eigenvalue weighted by Crippen LogP contribution is -2.55. The van der Waals surface area contributed by atoms with Gasteiger partial charge in [-0.05, 0) is 42.9 Å². The number of aliphatic carboxylic acids is 3. The van der Waals surface area contributed by atoms with E-state index in [1.165, 1.54) is 0 Å². The van der Waals surface area contributed by atoms with Crippen molar-refractivity contribution in [2.24, 2.45) is 11.3 Å². The van der Waals surface area contributed by atoms with Crippen molar-refractivity contribution in [2.75, 3.05) is 0 Å². The van der Waals surface area contributed by atoms with Crippen LogP contribution in [0.15, 0.2) is 24.3 Å². The number of imidazole rings is 1. The SMILES string of the molecule is CCC1CC(C(C(=O)O)(C(=O)O)C(=O)O)c2c(nc(C(C)C)n2Cc2ccc(Cl)cc2)C1(CC)CC. The molecule has 2 atom stereocenters. The van der Waals surface area contributed by atoms with Gasteiger partial charge in [-0.1, -0.05) is 64.8 Å². The van der Waals surface area contributed by atoms with Crippen molar-refractivity contribution in [1.82, 2.24) is 9.55 Å². The van der Waals surface area contributed by atoms with Crippen LogP contribution in [0, 0.1) is 11.3 Å². The van der Waals surface area contributed by atoms with Gasteiger partial charge in [0.25, 0.3) is 5.41 Å². The summed E-state index contributed by atoms with van der Waals surface area (Å²) in [4.78, 5) is 42.7. The molecule has 1 aromatic heterocycles. The summed E-state index contributed by atoms with van der Waals surface area (Å²) in [5.74, 6) is -6.44. The molecule has 0 radical (unpaired) electrons. The Morgan fingerprint density at radius 2 is 1.58 bits per heavy atom. The van der Waals surface area contributed by atoms with Gasteiger partial charge >= 0.3 is 17.9 Å². The Morgan fingerprint density at radius 1 is 1.06 bits per heavy atom. The van der Waals surface area contributed by atoms with Crippen LogP contribution in [0.1, 0.15) is 94.9 Å². The zero-order chi connectivity index (χ0) is 27.0. The first-order valence-corrected chi connectivity index (χ1v) is 12.8. The van der Waals surface area contributed by atoms with Gasteiger partial charge in [-0.15, -0.1) is 0 Å². The first kappa shape index (κ1) is 27.7. The Morgan fingerprint density at radius 3 is 2.00 bits per heavy atom. The fourth-order valence-electron chi connectivity index (χ4n) is 6.22. The zero-order valence-electron chi connectivity index (χ0n) is 21.4. The van der Waals surface area contributed by atoms with E-state index >= 15 is 0 Å². The molecule has 2 aromatic rings. The van der Waals surface area contributed by atoms with Crippen molar-refractivity contribution >= 4 is 29.5 Å². The highest BCUT2D eigenvalue weighted by Crippen LogP contribution is 2.57. The van der Waals surface area contributed by atoms with Crippen molar-refractivity contribution in [3.63, 3.8) is 0 Å². The normalized spacial score (nSPS) is 19.2. The number of halogens is 1. The monoisotopic (exact) mass is 518 g/mol. The molecule has 36 heavy (non-hydrogen) atoms. The van der Waals surface area contributed by atoms with Crippen LogP contribution < -0.4 is 0 Å². The fraction of sp³-hybridized carbons (Fsp3) is 0.556. The van der Waals surface area contributed by atoms with Gasteiger partial charge in [-0.2, -0.15) is 0 Å². The molecule has 0 saturated heterocycles. The molecule has 196 valence electrons. The van der Waals surface area contributed by atoms with Crippen LogP contribution in [0.2, 0.25) is 5.02 Å². The Labute approximate surface area is 216 Å². The predicted molar refractivity (Wildman–Crippen MR) is 136 cm³/mol. The number of hydrogen-bond donors (Lipinski definition) is 3. The second kappa shape index (κ2) is 10.2. The summed E-state index contributed by atoms with van der Waals surface area (Å²) in [6.45, 7) is 10.3. The number of hydrogen-bond acceptors (Lipinski definition) is 4. The van der Waals surface area contributed by atoms with E-state index in [1.807, 2.05) is 37.5 Å². The molecule has 1 aliphatic carbocycles. The molecule has 1 aliphatic rings. The molecule has 0 fully saturated rings. The van der Waals surface area contributed by atoms with Gasteiger partial charge in [0, 0.05) is 34.5 Å². The van der Waals surface area contributed by atoms with Crippen molar-refractivity contribution in [1.29, 1.82) is 0 Å². The van der Waals surface area contributed by atoms with Crippen molar-refractivity contribution in [3.05, 3.63) is 52.1 Å². The van der Waals surface area contributed by atoms with Gasteiger partial charge in [0.15, 0.2) is 0 Å². The molecule has 2 unspecified atom stereocenters. The number of aromatic nitrogens is 2. The second-order valence-corrected chi connectivity index (χ2v) is 10.5. The Bertz CT molecular complexity index is 1110. The molecular weight excluding hydrogens is 484 g/mol. The van der Waals surface area contributed by atoms with Crippen molar-refractivity contribution < 1.29 is 29.7 Å². The van der Waals surface area contributed by atoms with E-state index in [0.717, 1.165) is 18.4 Å². The molecule has 0 bridgehead atoms. The van der Waals surface area contributed by atoms with E-state index in [1.54, 1.807) is 12.1 Å². The third-order valence-corrected chi connectivity index (χ3v) is 8.45. The summed E-state index contributed by atoms with van der Waals surface area (Å²) in [5.41, 5.74) is -1.54. The second-order valence-electron chi connectivity index (χ2n) is 10.1. The molecule has 3 N–H and O–H groups in total. The van der Waals surface area contributed by atoms with E-state index < -0.39 is 34.7 Å². The smallest absolute Gasteiger partial charge is 0.333 e. The Hall–Kier alpha value is -2.87. The maximum atomic E-state index is 12.6. The van der Waals surface area contributed by atoms with Crippen LogP contribution in [-0.4, -0.2) is 42.8 Å². The van der Waals surface area contributed by atoms with E-state index in [-0.39, 0.29) is 18.3 Å². The van der Waals surface area contributed by atoms with Gasteiger partial charge in [-0.25, -0.2) is 4.98 Å². The molecule has 0 aliphatic heterocycles. The minimum atomic E-state index is -3.04. The highest BCUT2D eigenvalue weighted by atomic mass is 35.5. The average molecular weight is 519 g/mol. The summed E-state index contributed by atoms with van der Waals surface area (Å²) < 4.78 is 1.86. The zero-order valence-corrected chi connectivity index (χ0v) is 22.2. The predicted octanol–water partition coefficient (Wildman–Crippen LogP) is 5.52. The van der Waals surface area contributed by atoms with E-state index in [0.29, 0.717) is 35.2 Å². The Balaban J connectivity index is 2.46. The van der Waals surface area contributed by atoms with Crippen LogP contribution in [0.25, 0.3) is 0 Å². The van der Waals surface area contributed by atoms with Crippen LogP contribution >= 0.6 is 11.6 Å². The number of carboxylic acid groups (broad SMARTS) is 3. The summed E-state index contributed by atoms with van der Waals surface area (Å²) in [5, 5.41) is 31.1. The number of fused-ring (bicyclic) bond motifs is 1. The molecule has 8 nitrogen and oxygen atoms in total. The van der Waals surface area contributed by atoms with Gasteiger partial charge < -0.3 is 19.9 Å². The summed E-state index contributed by atoms with van der Waals surface area (Å²) >= 11 is 6.07. The van der Waals surface area contributed by atoms with Crippen LogP contribution in [0.4, 0.5) is 0 Å². The number of nitrogens with zero attached hydrogens (tertiary/aromatic N) is 2. The highest BCUT2D eigenvalue weighted by Gasteiger charge is 2.65. The van der Waals surface area contributed by atoms with E-state index in [2.05, 4.69) is 13.8 Å². The van der Waals surface area contributed by atoms with Gasteiger partial charge in [0.2, 0.25) is 0 Å². The lowest BCUT2D eigenvalue weighted by molar-refractivity contribution is -0.178. The van der Waals surface area contributed by atoms with Crippen molar-refractivity contribution in [3.8, 4) is 0 Å². The molecule has 0 amide bonds. The van der Waals surface area contributed by atoms with E-state index in [9.17, 15) is 29.7 Å².